The van der Waals surface area contributed by atoms with Crippen molar-refractivity contribution in [3.63, 3.8) is 0 Å². The number of alkyl halides is 3. The number of rotatable bonds is 4. The second kappa shape index (κ2) is 7.08. The summed E-state index contributed by atoms with van der Waals surface area (Å²) in [7, 11) is 1.46. The van der Waals surface area contributed by atoms with Crippen molar-refractivity contribution in [2.75, 3.05) is 32.1 Å². The number of benzene rings is 1. The minimum Gasteiger partial charge on any atom is -0.506 e. The number of ether oxygens (including phenoxy) is 1. The second-order valence-corrected chi connectivity index (χ2v) is 5.52. The second-order valence-electron chi connectivity index (χ2n) is 5.52. The van der Waals surface area contributed by atoms with Crippen LogP contribution in [0.2, 0.25) is 0 Å². The maximum atomic E-state index is 12.6. The Morgan fingerprint density at radius 3 is 2.61 bits per heavy atom. The number of likely N-dealkylation sites (tertiary alicyclic amines) is 1. The number of amides is 1. The Labute approximate surface area is 132 Å². The van der Waals surface area contributed by atoms with E-state index in [-0.39, 0.29) is 49.8 Å². The van der Waals surface area contributed by atoms with Gasteiger partial charge in [0, 0.05) is 6.07 Å². The van der Waals surface area contributed by atoms with E-state index in [0.717, 1.165) is 0 Å². The van der Waals surface area contributed by atoms with Crippen molar-refractivity contribution >= 4 is 11.6 Å². The number of hydrogen-bond donors (Lipinski definition) is 2. The first kappa shape index (κ1) is 17.4. The van der Waals surface area contributed by atoms with E-state index in [1.54, 1.807) is 11.0 Å². The van der Waals surface area contributed by atoms with E-state index in [2.05, 4.69) is 5.32 Å². The number of nitrogens with one attached hydrogen (secondary N) is 1. The zero-order chi connectivity index (χ0) is 17.0. The molecule has 23 heavy (non-hydrogen) atoms. The summed E-state index contributed by atoms with van der Waals surface area (Å²) in [6.07, 6.45) is -4.16. The lowest BCUT2D eigenvalue weighted by molar-refractivity contribution is -0.184. The molecule has 0 aromatic heterocycles. The SMILES string of the molecule is COc1ccc(O)c(NC(=O)CN2CCC(C(F)(F)F)CC2)c1. The van der Waals surface area contributed by atoms with Crippen LogP contribution in [-0.4, -0.2) is 48.8 Å². The lowest BCUT2D eigenvalue weighted by Crippen LogP contribution is -2.42. The highest BCUT2D eigenvalue weighted by Gasteiger charge is 2.41. The van der Waals surface area contributed by atoms with E-state index < -0.39 is 12.1 Å². The molecule has 0 saturated carbocycles. The van der Waals surface area contributed by atoms with Gasteiger partial charge in [-0.25, -0.2) is 0 Å². The number of halogens is 3. The average molecular weight is 332 g/mol. The van der Waals surface area contributed by atoms with Gasteiger partial charge in [-0.05, 0) is 38.1 Å². The molecular weight excluding hydrogens is 313 g/mol. The summed E-state index contributed by atoms with van der Waals surface area (Å²) in [4.78, 5) is 13.7. The molecule has 2 N–H and O–H groups in total. The Morgan fingerprint density at radius 2 is 2.04 bits per heavy atom. The first-order valence-electron chi connectivity index (χ1n) is 7.25. The fourth-order valence-electron chi connectivity index (χ4n) is 2.55. The Bertz CT molecular complexity index is 555. The Morgan fingerprint density at radius 1 is 1.39 bits per heavy atom. The van der Waals surface area contributed by atoms with Gasteiger partial charge in [-0.1, -0.05) is 0 Å². The van der Waals surface area contributed by atoms with Crippen LogP contribution in [0.1, 0.15) is 12.8 Å². The quantitative estimate of drug-likeness (QED) is 0.832. The van der Waals surface area contributed by atoms with E-state index >= 15 is 0 Å². The van der Waals surface area contributed by atoms with Crippen molar-refractivity contribution in [1.29, 1.82) is 0 Å². The molecule has 1 heterocycles. The van der Waals surface area contributed by atoms with Gasteiger partial charge in [-0.2, -0.15) is 13.2 Å². The molecule has 0 aliphatic carbocycles. The monoisotopic (exact) mass is 332 g/mol. The standard InChI is InChI=1S/C15H19F3N2O3/c1-23-11-2-3-13(21)12(8-11)19-14(22)9-20-6-4-10(5-7-20)15(16,17)18/h2-3,8,10,21H,4-7,9H2,1H3,(H,19,22). The van der Waals surface area contributed by atoms with Crippen LogP contribution in [0, 0.1) is 5.92 Å². The molecule has 1 saturated heterocycles. The van der Waals surface area contributed by atoms with Crippen LogP contribution < -0.4 is 10.1 Å². The molecule has 1 aliphatic heterocycles. The van der Waals surface area contributed by atoms with Gasteiger partial charge in [0.2, 0.25) is 5.91 Å². The zero-order valence-electron chi connectivity index (χ0n) is 12.7. The maximum absolute atomic E-state index is 12.6. The molecule has 128 valence electrons. The molecule has 1 aliphatic rings. The van der Waals surface area contributed by atoms with Crippen LogP contribution in [0.5, 0.6) is 11.5 Å². The van der Waals surface area contributed by atoms with E-state index in [4.69, 9.17) is 4.74 Å². The van der Waals surface area contributed by atoms with Crippen molar-refractivity contribution in [3.05, 3.63) is 18.2 Å². The third kappa shape index (κ3) is 4.75. The van der Waals surface area contributed by atoms with Crippen LogP contribution in [0.15, 0.2) is 18.2 Å². The van der Waals surface area contributed by atoms with Gasteiger partial charge >= 0.3 is 6.18 Å². The molecule has 8 heteroatoms. The number of aromatic hydroxyl groups is 1. The maximum Gasteiger partial charge on any atom is 0.391 e. The summed E-state index contributed by atoms with van der Waals surface area (Å²) in [6, 6.07) is 4.42. The van der Waals surface area contributed by atoms with Crippen molar-refractivity contribution in [2.45, 2.75) is 19.0 Å². The number of hydrogen-bond acceptors (Lipinski definition) is 4. The number of carbonyl (C=O) groups excluding carboxylic acids is 1. The highest BCUT2D eigenvalue weighted by atomic mass is 19.4. The topological polar surface area (TPSA) is 61.8 Å². The van der Waals surface area contributed by atoms with Crippen molar-refractivity contribution in [3.8, 4) is 11.5 Å². The molecule has 0 radical (unpaired) electrons. The summed E-state index contributed by atoms with van der Waals surface area (Å²) in [6.45, 7) is 0.435. The number of carbonyl (C=O) groups is 1. The minimum absolute atomic E-state index is 0.00118. The first-order chi connectivity index (χ1) is 10.8. The average Bonchev–Trinajstić information content (AvgIpc) is 2.49. The van der Waals surface area contributed by atoms with E-state index in [1.807, 2.05) is 0 Å². The summed E-state index contributed by atoms with van der Waals surface area (Å²) in [5.41, 5.74) is 0.208. The van der Waals surface area contributed by atoms with E-state index in [0.29, 0.717) is 5.75 Å². The zero-order valence-corrected chi connectivity index (χ0v) is 12.7. The number of piperidine rings is 1. The van der Waals surface area contributed by atoms with Crippen molar-refractivity contribution in [2.24, 2.45) is 5.92 Å². The van der Waals surface area contributed by atoms with Gasteiger partial charge in [0.15, 0.2) is 0 Å². The third-order valence-corrected chi connectivity index (χ3v) is 3.90. The Hall–Kier alpha value is -1.96. The lowest BCUT2D eigenvalue weighted by atomic mass is 9.96. The van der Waals surface area contributed by atoms with Crippen LogP contribution in [0.25, 0.3) is 0 Å². The third-order valence-electron chi connectivity index (χ3n) is 3.90. The molecular formula is C15H19F3N2O3. The molecule has 1 aromatic carbocycles. The molecule has 0 spiro atoms. The summed E-state index contributed by atoms with van der Waals surface area (Å²) < 4.78 is 42.8. The van der Waals surface area contributed by atoms with Gasteiger partial charge in [-0.3, -0.25) is 9.69 Å². The van der Waals surface area contributed by atoms with Gasteiger partial charge in [0.25, 0.3) is 0 Å². The number of phenolic OH excluding ortho intramolecular Hbond substituents is 1. The van der Waals surface area contributed by atoms with Gasteiger partial charge < -0.3 is 15.2 Å². The van der Waals surface area contributed by atoms with Crippen LogP contribution in [0.3, 0.4) is 0 Å². The van der Waals surface area contributed by atoms with Crippen molar-refractivity contribution < 1.29 is 27.8 Å². The number of methoxy groups -OCH3 is 1. The number of anilines is 1. The molecule has 0 atom stereocenters. The molecule has 0 unspecified atom stereocenters. The summed E-state index contributed by atoms with van der Waals surface area (Å²) in [5, 5.41) is 12.2. The van der Waals surface area contributed by atoms with Crippen molar-refractivity contribution in [1.82, 2.24) is 4.90 Å². The van der Waals surface area contributed by atoms with E-state index in [9.17, 15) is 23.1 Å². The Kier molecular flexibility index (Phi) is 5.35. The van der Waals surface area contributed by atoms with Crippen LogP contribution in [0.4, 0.5) is 18.9 Å². The smallest absolute Gasteiger partial charge is 0.391 e. The van der Waals surface area contributed by atoms with Crippen LogP contribution >= 0.6 is 0 Å². The molecule has 0 bridgehead atoms. The van der Waals surface area contributed by atoms with Gasteiger partial charge in [0.1, 0.15) is 11.5 Å². The van der Waals surface area contributed by atoms with Gasteiger partial charge in [0.05, 0.1) is 25.3 Å². The number of nitrogens with zero attached hydrogens (tertiary/aromatic N) is 1. The van der Waals surface area contributed by atoms with E-state index in [1.165, 1.54) is 19.2 Å². The molecule has 1 fully saturated rings. The molecule has 2 rings (SSSR count). The minimum atomic E-state index is -4.17. The predicted octanol–water partition coefficient (Wildman–Crippen LogP) is 2.61. The highest BCUT2D eigenvalue weighted by Crippen LogP contribution is 2.34. The summed E-state index contributed by atoms with van der Waals surface area (Å²) >= 11 is 0. The Balaban J connectivity index is 1.87. The summed E-state index contributed by atoms with van der Waals surface area (Å²) in [5.74, 6) is -1.30. The molecule has 5 nitrogen and oxygen atoms in total. The largest absolute Gasteiger partial charge is 0.506 e. The predicted molar refractivity (Wildman–Crippen MR) is 78.5 cm³/mol. The first-order valence-corrected chi connectivity index (χ1v) is 7.25. The fraction of sp³-hybridized carbons (Fsp3) is 0.533. The molecule has 1 aromatic rings. The molecule has 1 amide bonds. The highest BCUT2D eigenvalue weighted by molar-refractivity contribution is 5.93. The lowest BCUT2D eigenvalue weighted by Gasteiger charge is -2.32. The fourth-order valence-corrected chi connectivity index (χ4v) is 2.55. The van der Waals surface area contributed by atoms with Crippen LogP contribution in [-0.2, 0) is 4.79 Å². The normalized spacial score (nSPS) is 17.0. The number of phenols is 1. The van der Waals surface area contributed by atoms with Gasteiger partial charge in [-0.15, -0.1) is 0 Å².